The standard InChI is InChI=1S/C18H19N3O2/c1-20-14-8-3-2-7-13(14)19-17(20)15-9-4-5-11-21(15)18(22)16-10-6-12-23-16/h2-3,6-8,10,12,15H,4-5,9,11H2,1H3/t15-/m1/s1. The van der Waals surface area contributed by atoms with Crippen LogP contribution in [0.25, 0.3) is 11.0 Å². The zero-order valence-electron chi connectivity index (χ0n) is 13.1. The fourth-order valence-electron chi connectivity index (χ4n) is 3.45. The van der Waals surface area contributed by atoms with E-state index in [2.05, 4.69) is 10.6 Å². The van der Waals surface area contributed by atoms with Crippen molar-refractivity contribution in [2.75, 3.05) is 6.54 Å². The Morgan fingerprint density at radius 2 is 2.09 bits per heavy atom. The molecule has 0 N–H and O–H groups in total. The van der Waals surface area contributed by atoms with Gasteiger partial charge in [-0.1, -0.05) is 12.1 Å². The zero-order chi connectivity index (χ0) is 15.8. The van der Waals surface area contributed by atoms with Crippen LogP contribution in [-0.4, -0.2) is 26.9 Å². The second-order valence-electron chi connectivity index (χ2n) is 6.01. The van der Waals surface area contributed by atoms with E-state index >= 15 is 0 Å². The van der Waals surface area contributed by atoms with Crippen molar-refractivity contribution in [3.05, 3.63) is 54.2 Å². The van der Waals surface area contributed by atoms with Gasteiger partial charge in [0.15, 0.2) is 5.76 Å². The van der Waals surface area contributed by atoms with Crippen LogP contribution in [0.2, 0.25) is 0 Å². The number of hydrogen-bond donors (Lipinski definition) is 0. The molecule has 2 aromatic heterocycles. The van der Waals surface area contributed by atoms with Crippen molar-refractivity contribution in [1.29, 1.82) is 0 Å². The maximum absolute atomic E-state index is 12.8. The van der Waals surface area contributed by atoms with E-state index in [1.165, 1.54) is 0 Å². The predicted octanol–water partition coefficient (Wildman–Crippen LogP) is 3.53. The molecule has 5 nitrogen and oxygen atoms in total. The van der Waals surface area contributed by atoms with E-state index in [-0.39, 0.29) is 11.9 Å². The first-order valence-electron chi connectivity index (χ1n) is 8.01. The number of fused-ring (bicyclic) bond motifs is 1. The van der Waals surface area contributed by atoms with E-state index in [4.69, 9.17) is 9.40 Å². The lowest BCUT2D eigenvalue weighted by Gasteiger charge is -2.34. The summed E-state index contributed by atoms with van der Waals surface area (Å²) < 4.78 is 7.41. The van der Waals surface area contributed by atoms with Crippen LogP contribution in [0.15, 0.2) is 47.1 Å². The Bertz CT molecular complexity index is 835. The number of aromatic nitrogens is 2. The number of aryl methyl sites for hydroxylation is 1. The summed E-state index contributed by atoms with van der Waals surface area (Å²) in [4.78, 5) is 19.5. The maximum atomic E-state index is 12.8. The van der Waals surface area contributed by atoms with Crippen LogP contribution in [0.1, 0.15) is 41.7 Å². The third-order valence-corrected chi connectivity index (χ3v) is 4.62. The van der Waals surface area contributed by atoms with Crippen molar-refractivity contribution in [2.45, 2.75) is 25.3 Å². The smallest absolute Gasteiger partial charge is 0.290 e. The first-order valence-corrected chi connectivity index (χ1v) is 8.01. The van der Waals surface area contributed by atoms with Crippen LogP contribution in [0, 0.1) is 0 Å². The summed E-state index contributed by atoms with van der Waals surface area (Å²) >= 11 is 0. The van der Waals surface area contributed by atoms with E-state index in [1.807, 2.05) is 30.1 Å². The highest BCUT2D eigenvalue weighted by molar-refractivity contribution is 5.91. The molecule has 0 radical (unpaired) electrons. The van der Waals surface area contributed by atoms with Crippen LogP contribution in [0.3, 0.4) is 0 Å². The number of piperidine rings is 1. The highest BCUT2D eigenvalue weighted by Crippen LogP contribution is 2.33. The molecule has 0 unspecified atom stereocenters. The van der Waals surface area contributed by atoms with Gasteiger partial charge in [0.2, 0.25) is 0 Å². The molecule has 0 aliphatic carbocycles. The molecule has 1 aromatic carbocycles. The molecule has 3 heterocycles. The summed E-state index contributed by atoms with van der Waals surface area (Å²) in [5, 5.41) is 0. The van der Waals surface area contributed by atoms with Gasteiger partial charge in [0.1, 0.15) is 5.82 Å². The second kappa shape index (κ2) is 5.57. The quantitative estimate of drug-likeness (QED) is 0.727. The van der Waals surface area contributed by atoms with Crippen LogP contribution in [0.4, 0.5) is 0 Å². The fourth-order valence-corrected chi connectivity index (χ4v) is 3.45. The first kappa shape index (κ1) is 14.1. The Labute approximate surface area is 134 Å². The number of hydrogen-bond acceptors (Lipinski definition) is 3. The lowest BCUT2D eigenvalue weighted by molar-refractivity contribution is 0.0564. The monoisotopic (exact) mass is 309 g/mol. The average Bonchev–Trinajstić information content (AvgIpc) is 3.23. The molecule has 0 saturated carbocycles. The second-order valence-corrected chi connectivity index (χ2v) is 6.01. The number of carbonyl (C=O) groups is 1. The summed E-state index contributed by atoms with van der Waals surface area (Å²) in [5.74, 6) is 1.30. The van der Waals surface area contributed by atoms with Gasteiger partial charge in [-0.3, -0.25) is 4.79 Å². The van der Waals surface area contributed by atoms with Crippen molar-refractivity contribution in [1.82, 2.24) is 14.5 Å². The van der Waals surface area contributed by atoms with Crippen molar-refractivity contribution < 1.29 is 9.21 Å². The van der Waals surface area contributed by atoms with Crippen LogP contribution >= 0.6 is 0 Å². The normalized spacial score (nSPS) is 18.5. The number of benzene rings is 1. The van der Waals surface area contributed by atoms with Crippen LogP contribution in [-0.2, 0) is 7.05 Å². The molecular formula is C18H19N3O2. The first-order chi connectivity index (χ1) is 11.3. The summed E-state index contributed by atoms with van der Waals surface area (Å²) in [5.41, 5.74) is 2.07. The molecule has 3 aromatic rings. The van der Waals surface area contributed by atoms with Gasteiger partial charge < -0.3 is 13.9 Å². The van der Waals surface area contributed by atoms with Gasteiger partial charge in [-0.05, 0) is 43.5 Å². The van der Waals surface area contributed by atoms with Gasteiger partial charge in [-0.25, -0.2) is 4.98 Å². The molecular weight excluding hydrogens is 290 g/mol. The summed E-state index contributed by atoms with van der Waals surface area (Å²) in [6.45, 7) is 0.743. The number of furan rings is 1. The zero-order valence-corrected chi connectivity index (χ0v) is 13.1. The van der Waals surface area contributed by atoms with Gasteiger partial charge in [-0.15, -0.1) is 0 Å². The molecule has 1 atom stereocenters. The molecule has 1 amide bonds. The Morgan fingerprint density at radius 3 is 2.87 bits per heavy atom. The van der Waals surface area contributed by atoms with E-state index in [1.54, 1.807) is 18.4 Å². The molecule has 0 bridgehead atoms. The Balaban J connectivity index is 1.75. The van der Waals surface area contributed by atoms with Gasteiger partial charge in [0.05, 0.1) is 23.3 Å². The molecule has 118 valence electrons. The summed E-state index contributed by atoms with van der Waals surface area (Å²) in [6, 6.07) is 11.6. The van der Waals surface area contributed by atoms with Gasteiger partial charge in [0, 0.05) is 13.6 Å². The highest BCUT2D eigenvalue weighted by atomic mass is 16.3. The minimum atomic E-state index is -0.0493. The third-order valence-electron chi connectivity index (χ3n) is 4.62. The maximum Gasteiger partial charge on any atom is 0.290 e. The number of imidazole rings is 1. The topological polar surface area (TPSA) is 51.3 Å². The van der Waals surface area contributed by atoms with E-state index < -0.39 is 0 Å². The summed E-state index contributed by atoms with van der Waals surface area (Å²) in [7, 11) is 2.02. The van der Waals surface area contributed by atoms with Gasteiger partial charge >= 0.3 is 0 Å². The SMILES string of the molecule is Cn1c([C@H]2CCCCN2C(=O)c2ccco2)nc2ccccc21. The fraction of sp³-hybridized carbons (Fsp3) is 0.333. The molecule has 1 fully saturated rings. The minimum Gasteiger partial charge on any atom is -0.459 e. The number of amides is 1. The minimum absolute atomic E-state index is 0.00116. The molecule has 0 spiro atoms. The highest BCUT2D eigenvalue weighted by Gasteiger charge is 2.32. The lowest BCUT2D eigenvalue weighted by atomic mass is 10.0. The van der Waals surface area contributed by atoms with Gasteiger partial charge in [-0.2, -0.15) is 0 Å². The van der Waals surface area contributed by atoms with Crippen LogP contribution in [0.5, 0.6) is 0 Å². The number of nitrogens with zero attached hydrogens (tertiary/aromatic N) is 3. The molecule has 23 heavy (non-hydrogen) atoms. The van der Waals surface area contributed by atoms with E-state index in [9.17, 15) is 4.79 Å². The van der Waals surface area contributed by atoms with Crippen molar-refractivity contribution in [3.63, 3.8) is 0 Å². The number of carbonyl (C=O) groups excluding carboxylic acids is 1. The van der Waals surface area contributed by atoms with Crippen molar-refractivity contribution >= 4 is 16.9 Å². The molecule has 1 aliphatic rings. The van der Waals surface area contributed by atoms with Crippen LogP contribution < -0.4 is 0 Å². The van der Waals surface area contributed by atoms with E-state index in [0.717, 1.165) is 42.7 Å². The number of para-hydroxylation sites is 2. The van der Waals surface area contributed by atoms with Crippen molar-refractivity contribution in [3.8, 4) is 0 Å². The number of likely N-dealkylation sites (tertiary alicyclic amines) is 1. The molecule has 4 rings (SSSR count). The van der Waals surface area contributed by atoms with E-state index in [0.29, 0.717) is 5.76 Å². The number of rotatable bonds is 2. The molecule has 5 heteroatoms. The summed E-state index contributed by atoms with van der Waals surface area (Å²) in [6.07, 6.45) is 4.60. The largest absolute Gasteiger partial charge is 0.459 e. The molecule has 1 aliphatic heterocycles. The Kier molecular flexibility index (Phi) is 3.41. The lowest BCUT2D eigenvalue weighted by Crippen LogP contribution is -2.39. The average molecular weight is 309 g/mol. The molecule has 1 saturated heterocycles. The third kappa shape index (κ3) is 2.32. The Morgan fingerprint density at radius 1 is 1.22 bits per heavy atom. The van der Waals surface area contributed by atoms with Gasteiger partial charge in [0.25, 0.3) is 5.91 Å². The van der Waals surface area contributed by atoms with Crippen molar-refractivity contribution in [2.24, 2.45) is 7.05 Å². The Hall–Kier alpha value is -2.56. The predicted molar refractivity (Wildman–Crippen MR) is 87.1 cm³/mol.